The number of carbonyl (C=O) groups excluding carboxylic acids is 1. The quantitative estimate of drug-likeness (QED) is 0.902. The van der Waals surface area contributed by atoms with Crippen LogP contribution in [-0.2, 0) is 16.8 Å². The zero-order chi connectivity index (χ0) is 14.6. The third kappa shape index (κ3) is 4.58. The van der Waals surface area contributed by atoms with E-state index in [1.165, 1.54) is 0 Å². The van der Waals surface area contributed by atoms with Gasteiger partial charge < -0.3 is 10.2 Å². The first kappa shape index (κ1) is 16.1. The van der Waals surface area contributed by atoms with E-state index in [0.717, 1.165) is 17.2 Å². The standard InChI is InChI=1S/C14H25N3OS/c1-7-17(6)12(18)10(2)15-8-11-9-19-13(16-11)14(3,4)5/h9-10,15H,7-8H2,1-6H3. The Kier molecular flexibility index (Phi) is 5.50. The number of thiazole rings is 1. The van der Waals surface area contributed by atoms with Crippen LogP contribution in [0.3, 0.4) is 0 Å². The van der Waals surface area contributed by atoms with Crippen molar-refractivity contribution >= 4 is 17.2 Å². The van der Waals surface area contributed by atoms with Crippen molar-refractivity contribution in [2.45, 2.75) is 52.6 Å². The molecular weight excluding hydrogens is 258 g/mol. The number of nitrogens with zero attached hydrogens (tertiary/aromatic N) is 2. The average molecular weight is 283 g/mol. The van der Waals surface area contributed by atoms with E-state index >= 15 is 0 Å². The summed E-state index contributed by atoms with van der Waals surface area (Å²) in [5.41, 5.74) is 1.10. The van der Waals surface area contributed by atoms with Gasteiger partial charge >= 0.3 is 0 Å². The lowest BCUT2D eigenvalue weighted by Gasteiger charge is -2.20. The van der Waals surface area contributed by atoms with Gasteiger partial charge in [-0.2, -0.15) is 0 Å². The number of hydrogen-bond acceptors (Lipinski definition) is 4. The molecule has 1 aromatic rings. The Balaban J connectivity index is 2.53. The molecule has 1 heterocycles. The minimum absolute atomic E-state index is 0.0901. The van der Waals surface area contributed by atoms with Gasteiger partial charge in [0.25, 0.3) is 0 Å². The Labute approximate surface area is 120 Å². The second-order valence-electron chi connectivity index (χ2n) is 5.85. The van der Waals surface area contributed by atoms with Gasteiger partial charge in [-0.15, -0.1) is 11.3 Å². The first-order valence-corrected chi connectivity index (χ1v) is 7.57. The molecule has 0 bridgehead atoms. The molecule has 0 spiro atoms. The van der Waals surface area contributed by atoms with Crippen LogP contribution >= 0.6 is 11.3 Å². The summed E-state index contributed by atoms with van der Waals surface area (Å²) in [5, 5.41) is 6.43. The number of aromatic nitrogens is 1. The summed E-state index contributed by atoms with van der Waals surface area (Å²) in [6.45, 7) is 11.7. The van der Waals surface area contributed by atoms with Crippen molar-refractivity contribution in [1.29, 1.82) is 0 Å². The van der Waals surface area contributed by atoms with Crippen LogP contribution in [0.15, 0.2) is 5.38 Å². The summed E-state index contributed by atoms with van der Waals surface area (Å²) < 4.78 is 0. The highest BCUT2D eigenvalue weighted by Crippen LogP contribution is 2.25. The maximum atomic E-state index is 11.9. The molecule has 108 valence electrons. The fourth-order valence-electron chi connectivity index (χ4n) is 1.56. The Bertz CT molecular complexity index is 423. The number of nitrogens with one attached hydrogen (secondary N) is 1. The first-order valence-electron chi connectivity index (χ1n) is 6.69. The largest absolute Gasteiger partial charge is 0.345 e. The Hall–Kier alpha value is -0.940. The maximum absolute atomic E-state index is 11.9. The lowest BCUT2D eigenvalue weighted by Crippen LogP contribution is -2.42. The number of rotatable bonds is 5. The van der Waals surface area contributed by atoms with Gasteiger partial charge in [0.1, 0.15) is 0 Å². The van der Waals surface area contributed by atoms with Crippen molar-refractivity contribution < 1.29 is 4.79 Å². The minimum Gasteiger partial charge on any atom is -0.345 e. The molecular formula is C14H25N3OS. The molecule has 4 nitrogen and oxygen atoms in total. The maximum Gasteiger partial charge on any atom is 0.239 e. The van der Waals surface area contributed by atoms with E-state index in [0.29, 0.717) is 6.54 Å². The van der Waals surface area contributed by atoms with Crippen LogP contribution < -0.4 is 5.32 Å². The van der Waals surface area contributed by atoms with Crippen LogP contribution in [-0.4, -0.2) is 35.4 Å². The highest BCUT2D eigenvalue weighted by Gasteiger charge is 2.19. The molecule has 0 aliphatic rings. The van der Waals surface area contributed by atoms with Gasteiger partial charge in [0.15, 0.2) is 0 Å². The molecule has 1 amide bonds. The molecule has 5 heteroatoms. The molecule has 1 N–H and O–H groups in total. The molecule has 1 atom stereocenters. The van der Waals surface area contributed by atoms with Crippen LogP contribution in [0.5, 0.6) is 0 Å². The second kappa shape index (κ2) is 6.48. The van der Waals surface area contributed by atoms with E-state index in [-0.39, 0.29) is 17.4 Å². The lowest BCUT2D eigenvalue weighted by atomic mass is 9.98. The molecule has 1 unspecified atom stereocenters. The van der Waals surface area contributed by atoms with Crippen LogP contribution in [0.25, 0.3) is 0 Å². The van der Waals surface area contributed by atoms with Gasteiger partial charge in [-0.3, -0.25) is 4.79 Å². The summed E-state index contributed by atoms with van der Waals surface area (Å²) in [5.74, 6) is 0.119. The second-order valence-corrected chi connectivity index (χ2v) is 6.71. The highest BCUT2D eigenvalue weighted by atomic mass is 32.1. The number of likely N-dealkylation sites (N-methyl/N-ethyl adjacent to an activating group) is 1. The van der Waals surface area contributed by atoms with E-state index in [9.17, 15) is 4.79 Å². The van der Waals surface area contributed by atoms with Crippen LogP contribution in [0.2, 0.25) is 0 Å². The summed E-state index contributed by atoms with van der Waals surface area (Å²) in [6, 6.07) is -0.176. The predicted octanol–water partition coefficient (Wildman–Crippen LogP) is 2.40. The lowest BCUT2D eigenvalue weighted by molar-refractivity contribution is -0.131. The number of carbonyl (C=O) groups is 1. The predicted molar refractivity (Wildman–Crippen MR) is 80.4 cm³/mol. The summed E-state index contributed by atoms with van der Waals surface area (Å²) in [7, 11) is 1.82. The highest BCUT2D eigenvalue weighted by molar-refractivity contribution is 7.09. The van der Waals surface area contributed by atoms with Crippen molar-refractivity contribution in [1.82, 2.24) is 15.2 Å². The summed E-state index contributed by atoms with van der Waals surface area (Å²) in [6.07, 6.45) is 0. The zero-order valence-corrected chi connectivity index (χ0v) is 13.6. The van der Waals surface area contributed by atoms with Gasteiger partial charge in [-0.25, -0.2) is 4.98 Å². The SMILES string of the molecule is CCN(C)C(=O)C(C)NCc1csc(C(C)(C)C)n1. The Morgan fingerprint density at radius 2 is 2.16 bits per heavy atom. The topological polar surface area (TPSA) is 45.2 Å². The fraction of sp³-hybridized carbons (Fsp3) is 0.714. The molecule has 0 aromatic carbocycles. The van der Waals surface area contributed by atoms with E-state index in [4.69, 9.17) is 0 Å². The molecule has 0 saturated heterocycles. The van der Waals surface area contributed by atoms with Crippen LogP contribution in [0.4, 0.5) is 0 Å². The van der Waals surface area contributed by atoms with E-state index < -0.39 is 0 Å². The summed E-state index contributed by atoms with van der Waals surface area (Å²) >= 11 is 1.68. The molecule has 0 radical (unpaired) electrons. The molecule has 1 rings (SSSR count). The van der Waals surface area contributed by atoms with Crippen molar-refractivity contribution in [3.63, 3.8) is 0 Å². The van der Waals surface area contributed by atoms with Gasteiger partial charge in [-0.05, 0) is 13.8 Å². The molecule has 0 fully saturated rings. The van der Waals surface area contributed by atoms with Gasteiger partial charge in [0.2, 0.25) is 5.91 Å². The van der Waals surface area contributed by atoms with Gasteiger partial charge in [-0.1, -0.05) is 20.8 Å². The summed E-state index contributed by atoms with van der Waals surface area (Å²) in [4.78, 5) is 18.2. The van der Waals surface area contributed by atoms with E-state index in [1.807, 2.05) is 20.9 Å². The number of amides is 1. The zero-order valence-electron chi connectivity index (χ0n) is 12.8. The average Bonchev–Trinajstić information content (AvgIpc) is 2.82. The van der Waals surface area contributed by atoms with Gasteiger partial charge in [0.05, 0.1) is 16.7 Å². The monoisotopic (exact) mass is 283 g/mol. The fourth-order valence-corrected chi connectivity index (χ4v) is 2.47. The molecule has 0 saturated carbocycles. The molecule has 0 aliphatic carbocycles. The van der Waals surface area contributed by atoms with E-state index in [2.05, 4.69) is 36.5 Å². The molecule has 19 heavy (non-hydrogen) atoms. The first-order chi connectivity index (χ1) is 8.75. The van der Waals surface area contributed by atoms with Crippen molar-refractivity contribution in [3.05, 3.63) is 16.1 Å². The van der Waals surface area contributed by atoms with E-state index in [1.54, 1.807) is 16.2 Å². The van der Waals surface area contributed by atoms with Crippen LogP contribution in [0, 0.1) is 0 Å². The third-order valence-corrected chi connectivity index (χ3v) is 4.32. The van der Waals surface area contributed by atoms with Crippen LogP contribution in [0.1, 0.15) is 45.3 Å². The number of hydrogen-bond donors (Lipinski definition) is 1. The normalized spacial score (nSPS) is 13.4. The van der Waals surface area contributed by atoms with Crippen molar-refractivity contribution in [2.75, 3.05) is 13.6 Å². The molecule has 1 aromatic heterocycles. The molecule has 0 aliphatic heterocycles. The Morgan fingerprint density at radius 3 is 2.63 bits per heavy atom. The Morgan fingerprint density at radius 1 is 1.53 bits per heavy atom. The van der Waals surface area contributed by atoms with Gasteiger partial charge in [0, 0.05) is 30.9 Å². The third-order valence-electron chi connectivity index (χ3n) is 3.00. The minimum atomic E-state index is -0.176. The van der Waals surface area contributed by atoms with Crippen molar-refractivity contribution in [3.8, 4) is 0 Å². The smallest absolute Gasteiger partial charge is 0.239 e. The van der Waals surface area contributed by atoms with Crippen molar-refractivity contribution in [2.24, 2.45) is 0 Å².